The maximum Gasteiger partial charge on any atom is 0.259 e. The summed E-state index contributed by atoms with van der Waals surface area (Å²) in [5, 5.41) is 8.81. The molecule has 0 saturated carbocycles. The molecule has 0 atom stereocenters. The minimum Gasteiger partial charge on any atom is -0.473 e. The van der Waals surface area contributed by atoms with Crippen molar-refractivity contribution < 1.29 is 14.3 Å². The van der Waals surface area contributed by atoms with Crippen LogP contribution in [0.2, 0.25) is 0 Å². The van der Waals surface area contributed by atoms with Gasteiger partial charge in [0.1, 0.15) is 11.7 Å². The summed E-state index contributed by atoms with van der Waals surface area (Å²) in [7, 11) is 0. The van der Waals surface area contributed by atoms with Crippen molar-refractivity contribution in [2.45, 2.75) is 32.4 Å². The zero-order valence-corrected chi connectivity index (χ0v) is 17.4. The van der Waals surface area contributed by atoms with Gasteiger partial charge in [0.2, 0.25) is 11.3 Å². The second-order valence-corrected chi connectivity index (χ2v) is 7.90. The second kappa shape index (κ2) is 8.11. The Hall–Kier alpha value is -3.26. The first-order chi connectivity index (χ1) is 15.1. The van der Waals surface area contributed by atoms with Crippen molar-refractivity contribution in [2.24, 2.45) is 0 Å². The molecule has 1 aromatic carbocycles. The fraction of sp³-hybridized carbons (Fsp3) is 0.391. The Morgan fingerprint density at radius 1 is 1.16 bits per heavy atom. The third-order valence-electron chi connectivity index (χ3n) is 5.97. The number of aryl methyl sites for hydroxylation is 1. The van der Waals surface area contributed by atoms with E-state index in [4.69, 9.17) is 9.47 Å². The smallest absolute Gasteiger partial charge is 0.259 e. The van der Waals surface area contributed by atoms with E-state index < -0.39 is 0 Å². The number of hydrogen-bond acceptors (Lipinski definition) is 6. The van der Waals surface area contributed by atoms with Crippen LogP contribution < -0.4 is 10.2 Å². The van der Waals surface area contributed by atoms with Crippen LogP contribution in [0.15, 0.2) is 41.3 Å². The lowest BCUT2D eigenvalue weighted by atomic mass is 10.1. The third-order valence-corrected chi connectivity index (χ3v) is 5.97. The molecule has 0 spiro atoms. The van der Waals surface area contributed by atoms with Gasteiger partial charge in [0.05, 0.1) is 18.6 Å². The molecule has 1 amide bonds. The zero-order valence-electron chi connectivity index (χ0n) is 17.4. The maximum absolute atomic E-state index is 13.2. The number of aromatic nitrogens is 3. The molecule has 8 heteroatoms. The summed E-state index contributed by atoms with van der Waals surface area (Å²) < 4.78 is 13.2. The second-order valence-electron chi connectivity index (χ2n) is 7.90. The van der Waals surface area contributed by atoms with E-state index in [0.717, 1.165) is 12.8 Å². The first-order valence-electron chi connectivity index (χ1n) is 10.7. The Morgan fingerprint density at radius 3 is 2.55 bits per heavy atom. The summed E-state index contributed by atoms with van der Waals surface area (Å²) in [4.78, 5) is 27.9. The molecule has 5 rings (SSSR count). The fourth-order valence-corrected chi connectivity index (χ4v) is 4.33. The summed E-state index contributed by atoms with van der Waals surface area (Å²) in [5.41, 5.74) is 2.79. The number of hydrogen-bond donors (Lipinski definition) is 0. The summed E-state index contributed by atoms with van der Waals surface area (Å²) in [5.74, 6) is 0.0314. The molecule has 1 fully saturated rings. The number of pyridine rings is 1. The summed E-state index contributed by atoms with van der Waals surface area (Å²) in [6.07, 6.45) is 3.14. The van der Waals surface area contributed by atoms with Gasteiger partial charge in [-0.1, -0.05) is 24.3 Å². The van der Waals surface area contributed by atoms with Crippen LogP contribution in [-0.4, -0.2) is 58.0 Å². The number of ether oxygens (including phenoxy) is 2. The van der Waals surface area contributed by atoms with Gasteiger partial charge in [0, 0.05) is 44.7 Å². The van der Waals surface area contributed by atoms with Crippen LogP contribution in [0.1, 0.15) is 28.4 Å². The number of fused-ring (bicyclic) bond motifs is 2. The number of morpholine rings is 1. The Bertz CT molecular complexity index is 1170. The fourth-order valence-electron chi connectivity index (χ4n) is 4.33. The van der Waals surface area contributed by atoms with Crippen LogP contribution in [0.4, 0.5) is 0 Å². The van der Waals surface area contributed by atoms with E-state index in [1.807, 2.05) is 19.1 Å². The van der Waals surface area contributed by atoms with Gasteiger partial charge in [0.15, 0.2) is 5.65 Å². The van der Waals surface area contributed by atoms with E-state index in [-0.39, 0.29) is 23.0 Å². The van der Waals surface area contributed by atoms with Gasteiger partial charge in [0.25, 0.3) is 5.91 Å². The highest BCUT2D eigenvalue weighted by Gasteiger charge is 2.25. The molecular weight excluding hydrogens is 396 g/mol. The van der Waals surface area contributed by atoms with E-state index in [9.17, 15) is 9.59 Å². The number of rotatable bonds is 4. The summed E-state index contributed by atoms with van der Waals surface area (Å²) >= 11 is 0. The molecule has 0 unspecified atom stereocenters. The van der Waals surface area contributed by atoms with Crippen molar-refractivity contribution in [1.82, 2.24) is 19.7 Å². The first kappa shape index (κ1) is 19.7. The molecule has 0 radical (unpaired) electrons. The van der Waals surface area contributed by atoms with Gasteiger partial charge in [-0.3, -0.25) is 9.59 Å². The lowest BCUT2D eigenvalue weighted by Gasteiger charge is -2.27. The SMILES string of the molecule is CCn1cc(C(=O)N2CCOCC2)c(=O)c2cc(OC3Cc4ccccc4C3)nnc21. The molecule has 1 saturated heterocycles. The average molecular weight is 420 g/mol. The van der Waals surface area contributed by atoms with Gasteiger partial charge < -0.3 is 18.9 Å². The highest BCUT2D eigenvalue weighted by atomic mass is 16.5. The third kappa shape index (κ3) is 3.67. The molecule has 2 aromatic heterocycles. The Balaban J connectivity index is 1.48. The van der Waals surface area contributed by atoms with E-state index in [0.29, 0.717) is 49.8 Å². The van der Waals surface area contributed by atoms with Crippen molar-refractivity contribution in [3.05, 3.63) is 63.4 Å². The van der Waals surface area contributed by atoms with Gasteiger partial charge in [-0.25, -0.2) is 0 Å². The van der Waals surface area contributed by atoms with Crippen molar-refractivity contribution in [1.29, 1.82) is 0 Å². The van der Waals surface area contributed by atoms with Crippen LogP contribution in [0.25, 0.3) is 11.0 Å². The quantitative estimate of drug-likeness (QED) is 0.640. The summed E-state index contributed by atoms with van der Waals surface area (Å²) in [6.45, 7) is 4.42. The van der Waals surface area contributed by atoms with Crippen LogP contribution in [0, 0.1) is 0 Å². The number of carbonyl (C=O) groups excluding carboxylic acids is 1. The number of carbonyl (C=O) groups is 1. The predicted molar refractivity (Wildman–Crippen MR) is 114 cm³/mol. The Kier molecular flexibility index (Phi) is 5.15. The molecule has 3 aromatic rings. The topological polar surface area (TPSA) is 86.5 Å². The molecular formula is C23H24N4O4. The predicted octanol–water partition coefficient (Wildman–Crippen LogP) is 1.83. The van der Waals surface area contributed by atoms with Crippen LogP contribution in [0.5, 0.6) is 5.88 Å². The van der Waals surface area contributed by atoms with Gasteiger partial charge in [-0.15, -0.1) is 10.2 Å². The summed E-state index contributed by atoms with van der Waals surface area (Å²) in [6, 6.07) is 9.88. The van der Waals surface area contributed by atoms with E-state index in [1.165, 1.54) is 11.1 Å². The average Bonchev–Trinajstić information content (AvgIpc) is 3.22. The molecule has 160 valence electrons. The monoisotopic (exact) mass is 420 g/mol. The molecule has 0 bridgehead atoms. The minimum atomic E-state index is -0.342. The minimum absolute atomic E-state index is 0.0456. The van der Waals surface area contributed by atoms with E-state index in [2.05, 4.69) is 22.3 Å². The zero-order chi connectivity index (χ0) is 21.4. The van der Waals surface area contributed by atoms with Crippen molar-refractivity contribution in [3.8, 4) is 5.88 Å². The molecule has 3 heterocycles. The van der Waals surface area contributed by atoms with Crippen molar-refractivity contribution >= 4 is 16.9 Å². The Morgan fingerprint density at radius 2 is 1.87 bits per heavy atom. The lowest BCUT2D eigenvalue weighted by Crippen LogP contribution is -2.42. The maximum atomic E-state index is 13.2. The standard InChI is InChI=1S/C23H24N4O4/c1-2-26-14-19(23(29)27-7-9-30-10-8-27)21(28)18-13-20(24-25-22(18)26)31-17-11-15-5-3-4-6-16(15)12-17/h3-6,13-14,17H,2,7-12H2,1H3. The van der Waals surface area contributed by atoms with Gasteiger partial charge in [-0.2, -0.15) is 0 Å². The van der Waals surface area contributed by atoms with Crippen LogP contribution in [0.3, 0.4) is 0 Å². The van der Waals surface area contributed by atoms with Crippen molar-refractivity contribution in [2.75, 3.05) is 26.3 Å². The van der Waals surface area contributed by atoms with Crippen LogP contribution >= 0.6 is 0 Å². The lowest BCUT2D eigenvalue weighted by molar-refractivity contribution is 0.0301. The molecule has 1 aliphatic heterocycles. The highest BCUT2D eigenvalue weighted by molar-refractivity contribution is 5.97. The van der Waals surface area contributed by atoms with Gasteiger partial charge in [-0.05, 0) is 18.1 Å². The molecule has 8 nitrogen and oxygen atoms in total. The molecule has 1 aliphatic carbocycles. The van der Waals surface area contributed by atoms with E-state index in [1.54, 1.807) is 21.7 Å². The van der Waals surface area contributed by atoms with Gasteiger partial charge >= 0.3 is 0 Å². The first-order valence-corrected chi connectivity index (χ1v) is 10.7. The van der Waals surface area contributed by atoms with E-state index >= 15 is 0 Å². The normalized spacial score (nSPS) is 16.5. The van der Waals surface area contributed by atoms with Crippen molar-refractivity contribution in [3.63, 3.8) is 0 Å². The Labute approximate surface area is 179 Å². The number of nitrogens with zero attached hydrogens (tertiary/aromatic N) is 4. The number of amides is 1. The molecule has 31 heavy (non-hydrogen) atoms. The van der Waals surface area contributed by atoms with Crippen LogP contribution in [-0.2, 0) is 24.1 Å². The molecule has 2 aliphatic rings. The molecule has 0 N–H and O–H groups in total. The highest BCUT2D eigenvalue weighted by Crippen LogP contribution is 2.25. The largest absolute Gasteiger partial charge is 0.473 e. The number of benzene rings is 1.